The van der Waals surface area contributed by atoms with Crippen LogP contribution in [0, 0.1) is 0 Å². The summed E-state index contributed by atoms with van der Waals surface area (Å²) in [4.78, 5) is 18.8. The number of nitrogens with one attached hydrogen (secondary N) is 1. The fraction of sp³-hybridized carbons (Fsp3) is 0.400. The van der Waals surface area contributed by atoms with Crippen LogP contribution >= 0.6 is 0 Å². The third-order valence-corrected chi connectivity index (χ3v) is 5.77. The molecule has 0 unspecified atom stereocenters. The lowest BCUT2D eigenvalue weighted by Gasteiger charge is -2.26. The number of carbonyl (C=O) groups is 1. The zero-order valence-electron chi connectivity index (χ0n) is 14.6. The molecule has 3 heterocycles. The van der Waals surface area contributed by atoms with E-state index in [1.807, 2.05) is 21.8 Å². The number of aryl methyl sites for hydroxylation is 1. The van der Waals surface area contributed by atoms with Gasteiger partial charge < -0.3 is 15.0 Å². The number of benzene rings is 1. The van der Waals surface area contributed by atoms with Crippen molar-refractivity contribution in [2.45, 2.75) is 44.8 Å². The Morgan fingerprint density at radius 3 is 3.08 bits per heavy atom. The number of para-hydroxylation sites is 1. The summed E-state index contributed by atoms with van der Waals surface area (Å²) in [6.45, 7) is 1.74. The van der Waals surface area contributed by atoms with E-state index in [0.29, 0.717) is 19.6 Å². The van der Waals surface area contributed by atoms with E-state index in [-0.39, 0.29) is 18.4 Å². The molecule has 26 heavy (non-hydrogen) atoms. The van der Waals surface area contributed by atoms with Gasteiger partial charge in [0.05, 0.1) is 37.5 Å². The van der Waals surface area contributed by atoms with Gasteiger partial charge in [-0.15, -0.1) is 0 Å². The number of nitrogens with zero attached hydrogens (tertiary/aromatic N) is 3. The van der Waals surface area contributed by atoms with Crippen LogP contribution in [0.2, 0.25) is 0 Å². The van der Waals surface area contributed by atoms with Crippen molar-refractivity contribution in [2.75, 3.05) is 6.61 Å². The number of hydrogen-bond acceptors (Lipinski definition) is 3. The van der Waals surface area contributed by atoms with Crippen LogP contribution in [0.15, 0.2) is 30.5 Å². The number of carbonyl (C=O) groups excluding carboxylic acids is 1. The molecule has 2 aliphatic rings. The Balaban J connectivity index is 1.44. The number of fused-ring (bicyclic) bond motifs is 4. The molecule has 6 heteroatoms. The average Bonchev–Trinajstić information content (AvgIpc) is 3.34. The molecular formula is C20H22N4O2. The summed E-state index contributed by atoms with van der Waals surface area (Å²) in [7, 11) is 0. The van der Waals surface area contributed by atoms with Crippen LogP contribution < -0.4 is 0 Å². The summed E-state index contributed by atoms with van der Waals surface area (Å²) in [5.74, 6) is 0.110. The molecule has 2 N–H and O–H groups in total. The second-order valence-electron chi connectivity index (χ2n) is 7.27. The van der Waals surface area contributed by atoms with Gasteiger partial charge in [-0.2, -0.15) is 5.10 Å². The van der Waals surface area contributed by atoms with Crippen LogP contribution in [0.25, 0.3) is 10.9 Å². The summed E-state index contributed by atoms with van der Waals surface area (Å²) in [5, 5.41) is 14.7. The molecule has 0 saturated carbocycles. The maximum atomic E-state index is 13.3. The number of hydrogen-bond donors (Lipinski definition) is 2. The third-order valence-electron chi connectivity index (χ3n) is 5.77. The van der Waals surface area contributed by atoms with Gasteiger partial charge in [0.2, 0.25) is 5.91 Å². The van der Waals surface area contributed by atoms with Crippen LogP contribution in [0.5, 0.6) is 0 Å². The first kappa shape index (κ1) is 15.6. The van der Waals surface area contributed by atoms with Gasteiger partial charge in [-0.3, -0.25) is 9.48 Å². The van der Waals surface area contributed by atoms with Crippen molar-refractivity contribution in [1.29, 1.82) is 0 Å². The minimum absolute atomic E-state index is 0.0586. The molecule has 5 rings (SSSR count). The minimum Gasteiger partial charge on any atom is -0.394 e. The molecule has 1 aromatic carbocycles. The first-order valence-corrected chi connectivity index (χ1v) is 9.29. The molecule has 0 bridgehead atoms. The number of aliphatic hydroxyl groups is 1. The van der Waals surface area contributed by atoms with Gasteiger partial charge in [-0.1, -0.05) is 18.2 Å². The highest BCUT2D eigenvalue weighted by molar-refractivity contribution is 5.90. The van der Waals surface area contributed by atoms with Crippen molar-refractivity contribution in [1.82, 2.24) is 19.7 Å². The van der Waals surface area contributed by atoms with Gasteiger partial charge >= 0.3 is 0 Å². The topological polar surface area (TPSA) is 74.2 Å². The van der Waals surface area contributed by atoms with Crippen LogP contribution in [0.1, 0.15) is 41.3 Å². The molecule has 6 nitrogen and oxygen atoms in total. The van der Waals surface area contributed by atoms with Crippen LogP contribution in [-0.4, -0.2) is 37.3 Å². The summed E-state index contributed by atoms with van der Waals surface area (Å²) >= 11 is 0. The number of H-pyrrole nitrogens is 1. The van der Waals surface area contributed by atoms with Crippen molar-refractivity contribution >= 4 is 16.8 Å². The Hall–Kier alpha value is -2.60. The van der Waals surface area contributed by atoms with Crippen molar-refractivity contribution < 1.29 is 9.90 Å². The molecule has 1 atom stereocenters. The number of aromatic nitrogens is 3. The Bertz CT molecular complexity index is 987. The van der Waals surface area contributed by atoms with Gasteiger partial charge in [0.1, 0.15) is 0 Å². The number of aliphatic hydroxyl groups excluding tert-OH is 1. The molecule has 134 valence electrons. The SMILES string of the molecule is O=C([C@H]1CCCc2c1[nH]c1ccccc21)N1Cc2cnn(CCO)c2C1. The van der Waals surface area contributed by atoms with Crippen LogP contribution in [0.4, 0.5) is 0 Å². The van der Waals surface area contributed by atoms with Gasteiger partial charge in [0.25, 0.3) is 0 Å². The molecule has 1 aliphatic carbocycles. The minimum atomic E-state index is -0.0885. The lowest BCUT2D eigenvalue weighted by molar-refractivity contribution is -0.134. The predicted molar refractivity (Wildman–Crippen MR) is 97.5 cm³/mol. The highest BCUT2D eigenvalue weighted by Crippen LogP contribution is 2.38. The lowest BCUT2D eigenvalue weighted by atomic mass is 9.86. The lowest BCUT2D eigenvalue weighted by Crippen LogP contribution is -2.33. The first-order valence-electron chi connectivity index (χ1n) is 9.29. The summed E-state index contributed by atoms with van der Waals surface area (Å²) in [6, 6.07) is 8.33. The second-order valence-corrected chi connectivity index (χ2v) is 7.27. The monoisotopic (exact) mass is 350 g/mol. The molecule has 2 aromatic heterocycles. The highest BCUT2D eigenvalue weighted by atomic mass is 16.3. The first-order chi connectivity index (χ1) is 12.8. The van der Waals surface area contributed by atoms with E-state index in [1.165, 1.54) is 10.9 Å². The number of rotatable bonds is 3. The molecular weight excluding hydrogens is 328 g/mol. The van der Waals surface area contributed by atoms with Gasteiger partial charge in [-0.25, -0.2) is 0 Å². The molecule has 0 saturated heterocycles. The standard InChI is InChI=1S/C20H22N4O2/c25-9-8-24-18-12-23(11-13(18)10-21-24)20(26)16-6-3-5-15-14-4-1-2-7-17(14)22-19(15)16/h1-2,4,7,10,16,22,25H,3,5-6,8-9,11-12H2/t16-/m0/s1. The van der Waals surface area contributed by atoms with Crippen LogP contribution in [0.3, 0.4) is 0 Å². The second kappa shape index (κ2) is 5.99. The smallest absolute Gasteiger partial charge is 0.232 e. The van der Waals surface area contributed by atoms with E-state index in [4.69, 9.17) is 0 Å². The fourth-order valence-corrected chi connectivity index (χ4v) is 4.53. The molecule has 1 amide bonds. The Morgan fingerprint density at radius 1 is 1.31 bits per heavy atom. The molecule has 0 radical (unpaired) electrons. The molecule has 3 aromatic rings. The van der Waals surface area contributed by atoms with Gasteiger partial charge in [0.15, 0.2) is 0 Å². The van der Waals surface area contributed by atoms with Crippen molar-refractivity contribution in [3.8, 4) is 0 Å². The largest absolute Gasteiger partial charge is 0.394 e. The Morgan fingerprint density at radius 2 is 2.19 bits per heavy atom. The molecule has 1 aliphatic heterocycles. The Labute approximate surface area is 151 Å². The maximum absolute atomic E-state index is 13.3. The van der Waals surface area contributed by atoms with Crippen LogP contribution in [-0.2, 0) is 30.8 Å². The highest BCUT2D eigenvalue weighted by Gasteiger charge is 2.35. The third kappa shape index (κ3) is 2.29. The van der Waals surface area contributed by atoms with E-state index in [0.717, 1.165) is 41.7 Å². The molecule has 0 fully saturated rings. The van der Waals surface area contributed by atoms with E-state index < -0.39 is 0 Å². The average molecular weight is 350 g/mol. The number of amides is 1. The summed E-state index contributed by atoms with van der Waals surface area (Å²) in [5.41, 5.74) is 5.70. The van der Waals surface area contributed by atoms with E-state index >= 15 is 0 Å². The van der Waals surface area contributed by atoms with Gasteiger partial charge in [0, 0.05) is 28.7 Å². The van der Waals surface area contributed by atoms with Crippen molar-refractivity contribution in [3.05, 3.63) is 53.0 Å². The summed E-state index contributed by atoms with van der Waals surface area (Å²) in [6.07, 6.45) is 4.81. The number of aromatic amines is 1. The quantitative estimate of drug-likeness (QED) is 0.761. The summed E-state index contributed by atoms with van der Waals surface area (Å²) < 4.78 is 1.82. The van der Waals surface area contributed by atoms with E-state index in [2.05, 4.69) is 28.3 Å². The Kier molecular flexibility index (Phi) is 3.60. The van der Waals surface area contributed by atoms with Crippen molar-refractivity contribution in [2.24, 2.45) is 0 Å². The predicted octanol–water partition coefficient (Wildman–Crippen LogP) is 2.32. The van der Waals surface area contributed by atoms with E-state index in [1.54, 1.807) is 0 Å². The fourth-order valence-electron chi connectivity index (χ4n) is 4.53. The zero-order chi connectivity index (χ0) is 17.7. The maximum Gasteiger partial charge on any atom is 0.232 e. The van der Waals surface area contributed by atoms with Gasteiger partial charge in [-0.05, 0) is 30.9 Å². The normalized spacial score (nSPS) is 19.0. The van der Waals surface area contributed by atoms with Crippen molar-refractivity contribution in [3.63, 3.8) is 0 Å². The zero-order valence-corrected chi connectivity index (χ0v) is 14.6. The molecule has 0 spiro atoms. The van der Waals surface area contributed by atoms with E-state index in [9.17, 15) is 9.90 Å².